The molecule has 4 rings (SSSR count). The highest BCUT2D eigenvalue weighted by Crippen LogP contribution is 2.37. The van der Waals surface area contributed by atoms with Crippen LogP contribution in [0.25, 0.3) is 10.2 Å². The van der Waals surface area contributed by atoms with Crippen LogP contribution in [0.5, 0.6) is 5.75 Å². The van der Waals surface area contributed by atoms with Gasteiger partial charge in [0, 0.05) is 31.7 Å². The number of amides is 1. The molecule has 1 aromatic heterocycles. The van der Waals surface area contributed by atoms with Crippen molar-refractivity contribution in [1.29, 1.82) is 0 Å². The molecule has 8 nitrogen and oxygen atoms in total. The Hall–Kier alpha value is -2.53. The molecule has 37 heavy (non-hydrogen) atoms. The van der Waals surface area contributed by atoms with E-state index in [0.717, 1.165) is 47.9 Å². The Morgan fingerprint density at radius 1 is 1.03 bits per heavy atom. The topological polar surface area (TPSA) is 83.0 Å². The van der Waals surface area contributed by atoms with Crippen LogP contribution < -0.4 is 9.64 Å². The minimum atomic E-state index is -3.63. The second-order valence-electron chi connectivity index (χ2n) is 9.86. The predicted octanol–water partition coefficient (Wildman–Crippen LogP) is 4.77. The summed E-state index contributed by atoms with van der Waals surface area (Å²) in [5.41, 5.74) is 2.22. The summed E-state index contributed by atoms with van der Waals surface area (Å²) < 4.78 is 34.5. The zero-order valence-electron chi connectivity index (χ0n) is 22.2. The molecule has 0 N–H and O–H groups in total. The molecular formula is C27H36N4O4S2. The standard InChI is InChI=1S/C27H36N4O4S2/c1-19-11-16-23(35-5)24-25(19)36-27(28-24)31(18-17-29(2)3)26(32)20-12-14-22(15-13-20)37(33,34)30(4)21-9-7-6-8-10-21/h11-16,21H,6-10,17-18H2,1-5H3. The Balaban J connectivity index is 1.63. The Labute approximate surface area is 223 Å². The Kier molecular flexibility index (Phi) is 8.52. The van der Waals surface area contributed by atoms with Gasteiger partial charge in [-0.25, -0.2) is 13.4 Å². The number of carbonyl (C=O) groups excluding carboxylic acids is 1. The van der Waals surface area contributed by atoms with Crippen LogP contribution in [0.2, 0.25) is 0 Å². The van der Waals surface area contributed by atoms with E-state index in [1.54, 1.807) is 31.2 Å². The number of methoxy groups -OCH3 is 1. The SMILES string of the molecule is COc1ccc(C)c2sc(N(CCN(C)C)C(=O)c3ccc(S(=O)(=O)N(C)C4CCCCC4)cc3)nc12. The van der Waals surface area contributed by atoms with Crippen molar-refractivity contribution in [3.63, 3.8) is 0 Å². The van der Waals surface area contributed by atoms with E-state index in [0.29, 0.717) is 29.5 Å². The van der Waals surface area contributed by atoms with Gasteiger partial charge < -0.3 is 9.64 Å². The van der Waals surface area contributed by atoms with E-state index in [2.05, 4.69) is 0 Å². The Morgan fingerprint density at radius 2 is 1.70 bits per heavy atom. The zero-order chi connectivity index (χ0) is 26.7. The lowest BCUT2D eigenvalue weighted by Gasteiger charge is -2.30. The number of likely N-dealkylation sites (N-methyl/N-ethyl adjacent to an activating group) is 1. The normalized spacial score (nSPS) is 15.0. The maximum absolute atomic E-state index is 13.7. The van der Waals surface area contributed by atoms with E-state index < -0.39 is 10.0 Å². The average Bonchev–Trinajstić information content (AvgIpc) is 3.35. The van der Waals surface area contributed by atoms with Gasteiger partial charge in [0.15, 0.2) is 5.13 Å². The second kappa shape index (κ2) is 11.5. The Bertz CT molecular complexity index is 1350. The molecule has 2 aromatic carbocycles. The number of aryl methyl sites for hydroxylation is 1. The van der Waals surface area contributed by atoms with E-state index in [9.17, 15) is 13.2 Å². The van der Waals surface area contributed by atoms with E-state index in [-0.39, 0.29) is 16.8 Å². The van der Waals surface area contributed by atoms with Crippen molar-refractivity contribution in [3.05, 3.63) is 47.5 Å². The minimum absolute atomic E-state index is 0.0288. The molecule has 0 aliphatic heterocycles. The molecule has 0 atom stereocenters. The van der Waals surface area contributed by atoms with Crippen LogP contribution in [0.15, 0.2) is 41.3 Å². The number of hydrogen-bond donors (Lipinski definition) is 0. The number of anilines is 1. The van der Waals surface area contributed by atoms with Gasteiger partial charge in [-0.15, -0.1) is 0 Å². The van der Waals surface area contributed by atoms with Crippen LogP contribution in [0.1, 0.15) is 48.0 Å². The zero-order valence-corrected chi connectivity index (χ0v) is 23.9. The second-order valence-corrected chi connectivity index (χ2v) is 12.8. The molecule has 0 bridgehead atoms. The largest absolute Gasteiger partial charge is 0.494 e. The van der Waals surface area contributed by atoms with Crippen LogP contribution >= 0.6 is 11.3 Å². The van der Waals surface area contributed by atoms with E-state index >= 15 is 0 Å². The lowest BCUT2D eigenvalue weighted by Crippen LogP contribution is -2.38. The first-order chi connectivity index (χ1) is 17.6. The van der Waals surface area contributed by atoms with Gasteiger partial charge >= 0.3 is 0 Å². The molecule has 0 radical (unpaired) electrons. The van der Waals surface area contributed by atoms with Crippen molar-refractivity contribution in [3.8, 4) is 5.75 Å². The van der Waals surface area contributed by atoms with Crippen molar-refractivity contribution in [2.45, 2.75) is 50.0 Å². The summed E-state index contributed by atoms with van der Waals surface area (Å²) >= 11 is 1.46. The van der Waals surface area contributed by atoms with Gasteiger partial charge in [0.1, 0.15) is 11.3 Å². The molecular weight excluding hydrogens is 508 g/mol. The number of nitrogens with zero attached hydrogens (tertiary/aromatic N) is 4. The van der Waals surface area contributed by atoms with Gasteiger partial charge in [-0.2, -0.15) is 4.31 Å². The van der Waals surface area contributed by atoms with Crippen LogP contribution in [0.3, 0.4) is 0 Å². The third-order valence-corrected chi connectivity index (χ3v) is 10.2. The summed E-state index contributed by atoms with van der Waals surface area (Å²) in [6, 6.07) is 10.2. The number of ether oxygens (including phenoxy) is 1. The number of fused-ring (bicyclic) bond motifs is 1. The molecule has 1 aliphatic rings. The highest BCUT2D eigenvalue weighted by atomic mass is 32.2. The summed E-state index contributed by atoms with van der Waals surface area (Å²) in [5.74, 6) is 0.446. The minimum Gasteiger partial charge on any atom is -0.494 e. The number of thiazole rings is 1. The monoisotopic (exact) mass is 544 g/mol. The third kappa shape index (κ3) is 5.82. The molecule has 10 heteroatoms. The third-order valence-electron chi connectivity index (χ3n) is 7.03. The Morgan fingerprint density at radius 3 is 2.32 bits per heavy atom. The van der Waals surface area contributed by atoms with Gasteiger partial charge in [-0.1, -0.05) is 36.7 Å². The van der Waals surface area contributed by atoms with Crippen molar-refractivity contribution in [1.82, 2.24) is 14.2 Å². The van der Waals surface area contributed by atoms with Gasteiger partial charge in [0.05, 0.1) is 16.7 Å². The fourth-order valence-electron chi connectivity index (χ4n) is 4.70. The molecule has 1 fully saturated rings. The summed E-state index contributed by atoms with van der Waals surface area (Å²) in [6.45, 7) is 3.10. The molecule has 0 spiro atoms. The number of rotatable bonds is 9. The van der Waals surface area contributed by atoms with E-state index in [4.69, 9.17) is 9.72 Å². The average molecular weight is 545 g/mol. The quantitative estimate of drug-likeness (QED) is 0.386. The van der Waals surface area contributed by atoms with Crippen molar-refractivity contribution >= 4 is 42.6 Å². The van der Waals surface area contributed by atoms with E-state index in [1.165, 1.54) is 27.8 Å². The lowest BCUT2D eigenvalue weighted by molar-refractivity contribution is 0.0985. The summed E-state index contributed by atoms with van der Waals surface area (Å²) in [6.07, 6.45) is 5.04. The number of hydrogen-bond acceptors (Lipinski definition) is 7. The molecule has 3 aromatic rings. The first-order valence-electron chi connectivity index (χ1n) is 12.6. The van der Waals surface area contributed by atoms with Crippen molar-refractivity contribution < 1.29 is 17.9 Å². The van der Waals surface area contributed by atoms with Crippen LogP contribution in [0.4, 0.5) is 5.13 Å². The number of carbonyl (C=O) groups is 1. The van der Waals surface area contributed by atoms with Crippen LogP contribution in [0, 0.1) is 6.92 Å². The van der Waals surface area contributed by atoms with Crippen molar-refractivity contribution in [2.75, 3.05) is 46.2 Å². The van der Waals surface area contributed by atoms with Gasteiger partial charge in [0.2, 0.25) is 10.0 Å². The molecule has 1 saturated carbocycles. The first kappa shape index (κ1) is 27.5. The fourth-order valence-corrected chi connectivity index (χ4v) is 7.19. The summed E-state index contributed by atoms with van der Waals surface area (Å²) in [7, 11) is 3.56. The molecule has 200 valence electrons. The number of aromatic nitrogens is 1. The number of sulfonamides is 1. The van der Waals surface area contributed by atoms with Gasteiger partial charge in [-0.3, -0.25) is 9.69 Å². The maximum atomic E-state index is 13.7. The lowest BCUT2D eigenvalue weighted by atomic mass is 9.96. The molecule has 0 saturated heterocycles. The fraction of sp³-hybridized carbons (Fsp3) is 0.481. The highest BCUT2D eigenvalue weighted by molar-refractivity contribution is 7.89. The first-order valence-corrected chi connectivity index (χ1v) is 14.9. The van der Waals surface area contributed by atoms with Gasteiger partial charge in [0.25, 0.3) is 5.91 Å². The number of benzene rings is 2. The van der Waals surface area contributed by atoms with E-state index in [1.807, 2.05) is 38.1 Å². The predicted molar refractivity (Wildman–Crippen MR) is 149 cm³/mol. The van der Waals surface area contributed by atoms with Crippen LogP contribution in [-0.4, -0.2) is 75.9 Å². The smallest absolute Gasteiger partial charge is 0.260 e. The van der Waals surface area contributed by atoms with Gasteiger partial charge in [-0.05, 0) is 69.8 Å². The highest BCUT2D eigenvalue weighted by Gasteiger charge is 2.30. The van der Waals surface area contributed by atoms with Crippen molar-refractivity contribution in [2.24, 2.45) is 0 Å². The molecule has 1 amide bonds. The molecule has 1 heterocycles. The molecule has 1 aliphatic carbocycles. The summed E-state index contributed by atoms with van der Waals surface area (Å²) in [5, 5.41) is 0.586. The molecule has 0 unspecified atom stereocenters. The summed E-state index contributed by atoms with van der Waals surface area (Å²) in [4.78, 5) is 22.4. The van der Waals surface area contributed by atoms with Crippen LogP contribution in [-0.2, 0) is 10.0 Å². The maximum Gasteiger partial charge on any atom is 0.260 e.